The highest BCUT2D eigenvalue weighted by Crippen LogP contribution is 2.11. The fraction of sp³-hybridized carbons (Fsp3) is 0.938. The summed E-state index contributed by atoms with van der Waals surface area (Å²) in [6.45, 7) is 3.83. The maximum absolute atomic E-state index is 11.7. The Kier molecular flexibility index (Phi) is 10.1. The average molecular weight is 316 g/mol. The largest absolute Gasteiger partial charge is 0.348 e. The summed E-state index contributed by atoms with van der Waals surface area (Å²) in [6.07, 6.45) is 9.91. The van der Waals surface area contributed by atoms with Gasteiger partial charge in [-0.15, -0.1) is 0 Å². The van der Waals surface area contributed by atoms with Crippen molar-refractivity contribution in [3.8, 4) is 0 Å². The SMILES string of the molecule is CSCCCCCCNC1CCN(CC(=O)N(C)C)CC1. The molecule has 1 N–H and O–H groups in total. The van der Waals surface area contributed by atoms with Crippen molar-refractivity contribution >= 4 is 17.7 Å². The van der Waals surface area contributed by atoms with Gasteiger partial charge in [-0.1, -0.05) is 12.8 Å². The van der Waals surface area contributed by atoms with Crippen LogP contribution >= 0.6 is 11.8 Å². The topological polar surface area (TPSA) is 35.6 Å². The number of nitrogens with zero attached hydrogens (tertiary/aromatic N) is 2. The van der Waals surface area contributed by atoms with E-state index in [0.29, 0.717) is 12.6 Å². The Morgan fingerprint density at radius 3 is 2.48 bits per heavy atom. The molecule has 4 nitrogen and oxygen atoms in total. The van der Waals surface area contributed by atoms with Gasteiger partial charge in [0, 0.05) is 33.2 Å². The summed E-state index contributed by atoms with van der Waals surface area (Å²) < 4.78 is 0. The summed E-state index contributed by atoms with van der Waals surface area (Å²) in [7, 11) is 3.66. The molecule has 21 heavy (non-hydrogen) atoms. The predicted octanol–water partition coefficient (Wildman–Crippen LogP) is 2.05. The smallest absolute Gasteiger partial charge is 0.236 e. The van der Waals surface area contributed by atoms with Gasteiger partial charge in [-0.25, -0.2) is 0 Å². The van der Waals surface area contributed by atoms with Crippen LogP contribution in [0.15, 0.2) is 0 Å². The van der Waals surface area contributed by atoms with Gasteiger partial charge in [-0.2, -0.15) is 11.8 Å². The lowest BCUT2D eigenvalue weighted by Gasteiger charge is -2.32. The van der Waals surface area contributed by atoms with Gasteiger partial charge in [-0.3, -0.25) is 9.69 Å². The molecule has 0 saturated carbocycles. The highest BCUT2D eigenvalue weighted by molar-refractivity contribution is 7.98. The molecule has 0 bridgehead atoms. The molecule has 0 unspecified atom stereocenters. The van der Waals surface area contributed by atoms with Crippen LogP contribution < -0.4 is 5.32 Å². The number of unbranched alkanes of at least 4 members (excludes halogenated alkanes) is 3. The molecule has 1 saturated heterocycles. The molecular formula is C16H33N3OS. The van der Waals surface area contributed by atoms with E-state index in [9.17, 15) is 4.79 Å². The molecule has 5 heteroatoms. The van der Waals surface area contributed by atoms with Gasteiger partial charge in [0.25, 0.3) is 0 Å². The standard InChI is InChI=1S/C16H33N3OS/c1-18(2)16(20)14-19-11-8-15(9-12-19)17-10-6-4-5-7-13-21-3/h15,17H,4-14H2,1-3H3. The maximum Gasteiger partial charge on any atom is 0.236 e. The first-order valence-electron chi connectivity index (χ1n) is 8.28. The predicted molar refractivity (Wildman–Crippen MR) is 93.0 cm³/mol. The Bertz CT molecular complexity index is 279. The molecule has 0 spiro atoms. The van der Waals surface area contributed by atoms with Crippen molar-refractivity contribution in [2.75, 3.05) is 52.3 Å². The average Bonchev–Trinajstić information content (AvgIpc) is 2.48. The lowest BCUT2D eigenvalue weighted by atomic mass is 10.0. The van der Waals surface area contributed by atoms with E-state index in [2.05, 4.69) is 16.5 Å². The van der Waals surface area contributed by atoms with Crippen molar-refractivity contribution in [1.82, 2.24) is 15.1 Å². The van der Waals surface area contributed by atoms with Crippen LogP contribution in [0.2, 0.25) is 0 Å². The highest BCUT2D eigenvalue weighted by atomic mass is 32.2. The van der Waals surface area contributed by atoms with Crippen LogP contribution in [0, 0.1) is 0 Å². The minimum atomic E-state index is 0.214. The van der Waals surface area contributed by atoms with Gasteiger partial charge < -0.3 is 10.2 Å². The molecule has 0 aliphatic carbocycles. The molecule has 0 atom stereocenters. The molecule has 0 aromatic rings. The molecule has 0 radical (unpaired) electrons. The summed E-state index contributed by atoms with van der Waals surface area (Å²) in [4.78, 5) is 15.6. The fourth-order valence-electron chi connectivity index (χ4n) is 2.66. The second kappa shape index (κ2) is 11.3. The van der Waals surface area contributed by atoms with Gasteiger partial charge in [-0.05, 0) is 44.2 Å². The van der Waals surface area contributed by atoms with Crippen molar-refractivity contribution in [2.45, 2.75) is 44.6 Å². The molecule has 1 fully saturated rings. The summed E-state index contributed by atoms with van der Waals surface area (Å²) >= 11 is 1.95. The molecule has 1 aliphatic rings. The number of thioether (sulfide) groups is 1. The highest BCUT2D eigenvalue weighted by Gasteiger charge is 2.20. The Balaban J connectivity index is 1.99. The number of likely N-dealkylation sites (tertiary alicyclic amines) is 1. The van der Waals surface area contributed by atoms with Gasteiger partial charge in [0.2, 0.25) is 5.91 Å². The van der Waals surface area contributed by atoms with Gasteiger partial charge in [0.05, 0.1) is 6.54 Å². The zero-order chi connectivity index (χ0) is 15.5. The van der Waals surface area contributed by atoms with Crippen molar-refractivity contribution in [1.29, 1.82) is 0 Å². The van der Waals surface area contributed by atoms with Crippen molar-refractivity contribution < 1.29 is 4.79 Å². The van der Waals surface area contributed by atoms with Gasteiger partial charge in [0.15, 0.2) is 0 Å². The van der Waals surface area contributed by atoms with Gasteiger partial charge in [0.1, 0.15) is 0 Å². The van der Waals surface area contributed by atoms with E-state index in [-0.39, 0.29) is 5.91 Å². The molecule has 1 aliphatic heterocycles. The van der Waals surface area contributed by atoms with Crippen LogP contribution in [0.4, 0.5) is 0 Å². The van der Waals surface area contributed by atoms with Crippen LogP contribution in [0.3, 0.4) is 0 Å². The number of hydrogen-bond acceptors (Lipinski definition) is 4. The Labute approximate surface area is 135 Å². The second-order valence-electron chi connectivity index (χ2n) is 6.20. The molecular weight excluding hydrogens is 282 g/mol. The zero-order valence-corrected chi connectivity index (χ0v) is 14.9. The lowest BCUT2D eigenvalue weighted by molar-refractivity contribution is -0.130. The van der Waals surface area contributed by atoms with E-state index in [1.54, 1.807) is 4.90 Å². The summed E-state index contributed by atoms with van der Waals surface area (Å²) in [5.41, 5.74) is 0. The number of carbonyl (C=O) groups excluding carboxylic acids is 1. The van der Waals surface area contributed by atoms with E-state index in [1.165, 1.54) is 44.3 Å². The molecule has 0 aromatic carbocycles. The fourth-order valence-corrected chi connectivity index (χ4v) is 3.15. The number of nitrogens with one attached hydrogen (secondary N) is 1. The van der Waals surface area contributed by atoms with Crippen molar-refractivity contribution in [3.63, 3.8) is 0 Å². The molecule has 124 valence electrons. The van der Waals surface area contributed by atoms with E-state index in [0.717, 1.165) is 19.6 Å². The third kappa shape index (κ3) is 8.69. The van der Waals surface area contributed by atoms with E-state index in [4.69, 9.17) is 0 Å². The normalized spacial score (nSPS) is 17.1. The van der Waals surface area contributed by atoms with Crippen LogP contribution in [0.1, 0.15) is 38.5 Å². The van der Waals surface area contributed by atoms with E-state index in [1.807, 2.05) is 25.9 Å². The number of piperidine rings is 1. The number of rotatable bonds is 10. The molecule has 1 rings (SSSR count). The molecule has 0 aromatic heterocycles. The minimum absolute atomic E-state index is 0.214. The summed E-state index contributed by atoms with van der Waals surface area (Å²) in [5, 5.41) is 3.68. The Morgan fingerprint density at radius 1 is 1.19 bits per heavy atom. The Morgan fingerprint density at radius 2 is 1.86 bits per heavy atom. The van der Waals surface area contributed by atoms with Crippen LogP contribution in [-0.4, -0.2) is 74.0 Å². The minimum Gasteiger partial charge on any atom is -0.348 e. The monoisotopic (exact) mass is 315 g/mol. The van der Waals surface area contributed by atoms with Crippen molar-refractivity contribution in [2.24, 2.45) is 0 Å². The van der Waals surface area contributed by atoms with Gasteiger partial charge >= 0.3 is 0 Å². The first-order chi connectivity index (χ1) is 10.1. The molecule has 1 amide bonds. The van der Waals surface area contributed by atoms with Crippen LogP contribution in [-0.2, 0) is 4.79 Å². The van der Waals surface area contributed by atoms with Crippen molar-refractivity contribution in [3.05, 3.63) is 0 Å². The van der Waals surface area contributed by atoms with Crippen LogP contribution in [0.25, 0.3) is 0 Å². The number of hydrogen-bond donors (Lipinski definition) is 1. The number of carbonyl (C=O) groups is 1. The Hall–Kier alpha value is -0.260. The third-order valence-electron chi connectivity index (χ3n) is 4.15. The third-order valence-corrected chi connectivity index (χ3v) is 4.85. The number of likely N-dealkylation sites (N-methyl/N-ethyl adjacent to an activating group) is 1. The quantitative estimate of drug-likeness (QED) is 0.626. The lowest BCUT2D eigenvalue weighted by Crippen LogP contribution is -2.46. The summed E-state index contributed by atoms with van der Waals surface area (Å²) in [6, 6.07) is 0.655. The number of amides is 1. The van der Waals surface area contributed by atoms with Crippen LogP contribution in [0.5, 0.6) is 0 Å². The summed E-state index contributed by atoms with van der Waals surface area (Å²) in [5.74, 6) is 1.52. The van der Waals surface area contributed by atoms with E-state index < -0.39 is 0 Å². The first kappa shape index (κ1) is 18.8. The first-order valence-corrected chi connectivity index (χ1v) is 9.67. The molecule has 1 heterocycles. The maximum atomic E-state index is 11.7. The second-order valence-corrected chi connectivity index (χ2v) is 7.19. The van der Waals surface area contributed by atoms with E-state index >= 15 is 0 Å². The zero-order valence-electron chi connectivity index (χ0n) is 14.1.